The lowest BCUT2D eigenvalue weighted by atomic mass is 10.2. The Morgan fingerprint density at radius 3 is 2.60 bits per heavy atom. The summed E-state index contributed by atoms with van der Waals surface area (Å²) in [6, 6.07) is 4.52. The molecule has 20 heavy (non-hydrogen) atoms. The molecule has 0 fully saturated rings. The summed E-state index contributed by atoms with van der Waals surface area (Å²) in [5.74, 6) is -2.02. The SMILES string of the molecule is CC(=O)c1sc(Nc2ccc(C)c(F)c2)nc1C(=O)O. The molecule has 1 aromatic heterocycles. The number of carboxylic acids is 1. The maximum absolute atomic E-state index is 13.4. The number of aromatic nitrogens is 1. The van der Waals surface area contributed by atoms with Crippen molar-refractivity contribution >= 4 is 33.9 Å². The van der Waals surface area contributed by atoms with Crippen molar-refractivity contribution in [3.05, 3.63) is 40.2 Å². The summed E-state index contributed by atoms with van der Waals surface area (Å²) in [4.78, 5) is 26.3. The predicted molar refractivity (Wildman–Crippen MR) is 73.5 cm³/mol. The number of thiazole rings is 1. The lowest BCUT2D eigenvalue weighted by molar-refractivity contribution is 0.0687. The fourth-order valence-corrected chi connectivity index (χ4v) is 2.42. The molecule has 0 saturated carbocycles. The highest BCUT2D eigenvalue weighted by atomic mass is 32.1. The number of carboxylic acid groups (broad SMARTS) is 1. The summed E-state index contributed by atoms with van der Waals surface area (Å²) in [5, 5.41) is 12.0. The van der Waals surface area contributed by atoms with Gasteiger partial charge in [-0.25, -0.2) is 14.2 Å². The molecule has 2 N–H and O–H groups in total. The number of anilines is 2. The van der Waals surface area contributed by atoms with Crippen molar-refractivity contribution in [2.24, 2.45) is 0 Å². The van der Waals surface area contributed by atoms with Crippen molar-refractivity contribution in [2.45, 2.75) is 13.8 Å². The number of carbonyl (C=O) groups excluding carboxylic acids is 1. The van der Waals surface area contributed by atoms with Gasteiger partial charge in [0.1, 0.15) is 10.7 Å². The zero-order valence-corrected chi connectivity index (χ0v) is 11.5. The molecule has 2 aromatic rings. The van der Waals surface area contributed by atoms with Crippen LogP contribution in [0.3, 0.4) is 0 Å². The van der Waals surface area contributed by atoms with E-state index in [2.05, 4.69) is 10.3 Å². The van der Waals surface area contributed by atoms with Gasteiger partial charge in [-0.1, -0.05) is 17.4 Å². The second-order valence-electron chi connectivity index (χ2n) is 4.15. The first-order chi connectivity index (χ1) is 9.38. The molecular weight excluding hydrogens is 283 g/mol. The topological polar surface area (TPSA) is 79.3 Å². The molecule has 1 heterocycles. The van der Waals surface area contributed by atoms with Crippen molar-refractivity contribution < 1.29 is 19.1 Å². The molecule has 0 atom stereocenters. The summed E-state index contributed by atoms with van der Waals surface area (Å²) in [5.41, 5.74) is 0.650. The van der Waals surface area contributed by atoms with E-state index < -0.39 is 5.97 Å². The number of Topliss-reactive ketones (excluding diaryl/α,β-unsaturated/α-hetero) is 1. The van der Waals surface area contributed by atoms with Crippen LogP contribution in [0.1, 0.15) is 32.6 Å². The van der Waals surface area contributed by atoms with Gasteiger partial charge in [-0.05, 0) is 24.6 Å². The van der Waals surface area contributed by atoms with Gasteiger partial charge in [0.05, 0.1) is 0 Å². The van der Waals surface area contributed by atoms with E-state index in [1.54, 1.807) is 19.1 Å². The number of hydrogen-bond donors (Lipinski definition) is 2. The van der Waals surface area contributed by atoms with E-state index in [0.29, 0.717) is 11.3 Å². The van der Waals surface area contributed by atoms with Crippen LogP contribution >= 0.6 is 11.3 Å². The van der Waals surface area contributed by atoms with E-state index in [1.165, 1.54) is 13.0 Å². The number of halogens is 1. The molecule has 0 aliphatic rings. The Bertz CT molecular complexity index is 665. The van der Waals surface area contributed by atoms with E-state index in [4.69, 9.17) is 5.11 Å². The lowest BCUT2D eigenvalue weighted by Crippen LogP contribution is -2.03. The molecule has 0 radical (unpaired) electrons. The smallest absolute Gasteiger partial charge is 0.356 e. The van der Waals surface area contributed by atoms with E-state index in [1.807, 2.05) is 0 Å². The third-order valence-corrected chi connectivity index (χ3v) is 3.64. The van der Waals surface area contributed by atoms with Gasteiger partial charge in [0.15, 0.2) is 16.6 Å². The van der Waals surface area contributed by atoms with Crippen LogP contribution in [0.25, 0.3) is 0 Å². The molecule has 0 aliphatic heterocycles. The second kappa shape index (κ2) is 5.38. The third kappa shape index (κ3) is 2.83. The van der Waals surface area contributed by atoms with E-state index >= 15 is 0 Å². The Morgan fingerprint density at radius 1 is 1.40 bits per heavy atom. The molecule has 0 bridgehead atoms. The zero-order chi connectivity index (χ0) is 14.9. The minimum Gasteiger partial charge on any atom is -0.476 e. The van der Waals surface area contributed by atoms with Gasteiger partial charge in [-0.2, -0.15) is 0 Å². The molecule has 2 rings (SSSR count). The Balaban J connectivity index is 2.34. The number of ketones is 1. The number of rotatable bonds is 4. The Hall–Kier alpha value is -2.28. The van der Waals surface area contributed by atoms with Crippen LogP contribution in [0, 0.1) is 12.7 Å². The minimum atomic E-state index is -1.27. The molecule has 0 amide bonds. The molecule has 0 spiro atoms. The van der Waals surface area contributed by atoms with Gasteiger partial charge >= 0.3 is 5.97 Å². The molecular formula is C13H11FN2O3S. The Kier molecular flexibility index (Phi) is 3.80. The number of carbonyl (C=O) groups is 2. The molecule has 7 heteroatoms. The van der Waals surface area contributed by atoms with Gasteiger partial charge < -0.3 is 10.4 Å². The number of benzene rings is 1. The van der Waals surface area contributed by atoms with Crippen molar-refractivity contribution in [1.29, 1.82) is 0 Å². The standard InChI is InChI=1S/C13H11FN2O3S/c1-6-3-4-8(5-9(6)14)15-13-16-10(12(18)19)11(20-13)7(2)17/h3-5H,1-2H3,(H,15,16)(H,18,19). The number of nitrogens with zero attached hydrogens (tertiary/aromatic N) is 1. The highest BCUT2D eigenvalue weighted by Gasteiger charge is 2.20. The molecule has 5 nitrogen and oxygen atoms in total. The van der Waals surface area contributed by atoms with Gasteiger partial charge in [0.25, 0.3) is 0 Å². The largest absolute Gasteiger partial charge is 0.476 e. The highest BCUT2D eigenvalue weighted by Crippen LogP contribution is 2.27. The third-order valence-electron chi connectivity index (χ3n) is 2.57. The van der Waals surface area contributed by atoms with Crippen molar-refractivity contribution in [2.75, 3.05) is 5.32 Å². The van der Waals surface area contributed by atoms with Gasteiger partial charge in [-0.3, -0.25) is 4.79 Å². The summed E-state index contributed by atoms with van der Waals surface area (Å²) < 4.78 is 13.4. The molecule has 0 aliphatic carbocycles. The summed E-state index contributed by atoms with van der Waals surface area (Å²) in [7, 11) is 0. The van der Waals surface area contributed by atoms with Crippen molar-refractivity contribution in [3.8, 4) is 0 Å². The Labute approximate surface area is 118 Å². The molecule has 104 valence electrons. The predicted octanol–water partition coefficient (Wildman–Crippen LogP) is 3.24. The van der Waals surface area contributed by atoms with Crippen LogP contribution in [0.5, 0.6) is 0 Å². The summed E-state index contributed by atoms with van der Waals surface area (Å²) >= 11 is 0.926. The number of aryl methyl sites for hydroxylation is 1. The lowest BCUT2D eigenvalue weighted by Gasteiger charge is -2.03. The van der Waals surface area contributed by atoms with Gasteiger partial charge in [0.2, 0.25) is 0 Å². The first-order valence-corrected chi connectivity index (χ1v) is 6.48. The van der Waals surface area contributed by atoms with E-state index in [-0.39, 0.29) is 27.3 Å². The fourth-order valence-electron chi connectivity index (χ4n) is 1.55. The van der Waals surface area contributed by atoms with E-state index in [9.17, 15) is 14.0 Å². The summed E-state index contributed by atoms with van der Waals surface area (Å²) in [6.45, 7) is 2.91. The van der Waals surface area contributed by atoms with Crippen molar-refractivity contribution in [1.82, 2.24) is 4.98 Å². The van der Waals surface area contributed by atoms with Crippen LogP contribution in [0.15, 0.2) is 18.2 Å². The highest BCUT2D eigenvalue weighted by molar-refractivity contribution is 7.17. The normalized spacial score (nSPS) is 10.3. The Morgan fingerprint density at radius 2 is 2.10 bits per heavy atom. The first-order valence-electron chi connectivity index (χ1n) is 5.66. The average Bonchev–Trinajstić information content (AvgIpc) is 2.78. The van der Waals surface area contributed by atoms with Crippen LogP contribution in [-0.4, -0.2) is 21.8 Å². The van der Waals surface area contributed by atoms with Gasteiger partial charge in [0, 0.05) is 12.6 Å². The second-order valence-corrected chi connectivity index (χ2v) is 5.15. The van der Waals surface area contributed by atoms with E-state index in [0.717, 1.165) is 11.3 Å². The average molecular weight is 294 g/mol. The quantitative estimate of drug-likeness (QED) is 0.846. The van der Waals surface area contributed by atoms with Crippen LogP contribution in [0.4, 0.5) is 15.2 Å². The maximum Gasteiger partial charge on any atom is 0.356 e. The van der Waals surface area contributed by atoms with Crippen LogP contribution in [0.2, 0.25) is 0 Å². The van der Waals surface area contributed by atoms with Gasteiger partial charge in [-0.15, -0.1) is 0 Å². The number of hydrogen-bond acceptors (Lipinski definition) is 5. The maximum atomic E-state index is 13.4. The molecule has 0 unspecified atom stereocenters. The monoisotopic (exact) mass is 294 g/mol. The fraction of sp³-hybridized carbons (Fsp3) is 0.154. The number of nitrogens with one attached hydrogen (secondary N) is 1. The first kappa shape index (κ1) is 14.1. The van der Waals surface area contributed by atoms with Crippen LogP contribution in [-0.2, 0) is 0 Å². The zero-order valence-electron chi connectivity index (χ0n) is 10.7. The minimum absolute atomic E-state index is 0.0626. The number of aromatic carboxylic acids is 1. The molecule has 0 saturated heterocycles. The van der Waals surface area contributed by atoms with Crippen molar-refractivity contribution in [3.63, 3.8) is 0 Å². The summed E-state index contributed by atoms with van der Waals surface area (Å²) in [6.07, 6.45) is 0. The molecule has 1 aromatic carbocycles. The van der Waals surface area contributed by atoms with Crippen LogP contribution < -0.4 is 5.32 Å².